The molecule has 0 radical (unpaired) electrons. The van der Waals surface area contributed by atoms with Crippen LogP contribution in [-0.2, 0) is 15.1 Å². The first-order chi connectivity index (χ1) is 12.0. The summed E-state index contributed by atoms with van der Waals surface area (Å²) in [7, 11) is 3.49. The molecular weight excluding hydrogens is 349 g/mol. The highest BCUT2D eigenvalue weighted by Crippen LogP contribution is 2.27. The molecule has 26 heavy (non-hydrogen) atoms. The monoisotopic (exact) mass is 372 g/mol. The molecule has 0 saturated carbocycles. The molecule has 0 spiro atoms. The Kier molecular flexibility index (Phi) is 5.92. The Morgan fingerprint density at radius 2 is 2.00 bits per heavy atom. The van der Waals surface area contributed by atoms with Gasteiger partial charge in [0.1, 0.15) is 12.1 Å². The summed E-state index contributed by atoms with van der Waals surface area (Å²) >= 11 is 0. The Labute approximate surface area is 150 Å². The predicted molar refractivity (Wildman–Crippen MR) is 89.7 cm³/mol. The van der Waals surface area contributed by atoms with Crippen molar-refractivity contribution in [3.63, 3.8) is 0 Å². The average molecular weight is 372 g/mol. The van der Waals surface area contributed by atoms with Crippen LogP contribution in [0.4, 0.5) is 13.2 Å². The largest absolute Gasteiger partial charge is 0.346 e. The predicted octanol–water partition coefficient (Wildman–Crippen LogP) is 1.44. The lowest BCUT2D eigenvalue weighted by Gasteiger charge is -2.36. The van der Waals surface area contributed by atoms with Crippen molar-refractivity contribution in [2.24, 2.45) is 0 Å². The molecule has 144 valence electrons. The number of carbonyl (C=O) groups is 2. The van der Waals surface area contributed by atoms with Crippen LogP contribution in [0.25, 0.3) is 0 Å². The maximum Gasteiger partial charge on any atom is 0.266 e. The fraction of sp³-hybridized carbons (Fsp3) is 0.529. The molecule has 9 heteroatoms. The quantitative estimate of drug-likeness (QED) is 0.731. The van der Waals surface area contributed by atoms with E-state index >= 15 is 0 Å². The minimum Gasteiger partial charge on any atom is -0.346 e. The van der Waals surface area contributed by atoms with Crippen LogP contribution in [-0.4, -0.2) is 43.1 Å². The number of rotatable bonds is 5. The standard InChI is InChI=1S/C17H23F3N4O2/c1-17(2,9-5-6-10(14(19)20)11(18)7-9)23-15(26)12-8-13(25)22-16(21-12)24(3)4/h5-7,12,14,16,21H,8H2,1-4H3,(H,22,25)(H,23,26). The summed E-state index contributed by atoms with van der Waals surface area (Å²) in [6.45, 7) is 3.27. The van der Waals surface area contributed by atoms with Gasteiger partial charge in [0.15, 0.2) is 0 Å². The Hall–Kier alpha value is -2.13. The zero-order chi connectivity index (χ0) is 19.6. The van der Waals surface area contributed by atoms with Gasteiger partial charge in [0, 0.05) is 0 Å². The number of nitrogens with one attached hydrogen (secondary N) is 3. The van der Waals surface area contributed by atoms with Crippen molar-refractivity contribution in [3.8, 4) is 0 Å². The second kappa shape index (κ2) is 7.63. The molecule has 1 aromatic carbocycles. The van der Waals surface area contributed by atoms with Gasteiger partial charge >= 0.3 is 0 Å². The van der Waals surface area contributed by atoms with Gasteiger partial charge in [-0.05, 0) is 39.6 Å². The summed E-state index contributed by atoms with van der Waals surface area (Å²) < 4.78 is 39.2. The summed E-state index contributed by atoms with van der Waals surface area (Å²) in [6.07, 6.45) is -3.43. The maximum atomic E-state index is 13.9. The lowest BCUT2D eigenvalue weighted by atomic mass is 9.92. The van der Waals surface area contributed by atoms with Gasteiger partial charge in [0.25, 0.3) is 6.43 Å². The smallest absolute Gasteiger partial charge is 0.266 e. The lowest BCUT2D eigenvalue weighted by molar-refractivity contribution is -0.134. The van der Waals surface area contributed by atoms with Crippen molar-refractivity contribution >= 4 is 11.8 Å². The molecule has 1 fully saturated rings. The number of amides is 2. The van der Waals surface area contributed by atoms with Crippen molar-refractivity contribution in [1.82, 2.24) is 20.9 Å². The molecule has 1 aliphatic heterocycles. The third kappa shape index (κ3) is 4.53. The maximum absolute atomic E-state index is 13.9. The molecule has 6 nitrogen and oxygen atoms in total. The third-order valence-electron chi connectivity index (χ3n) is 4.27. The van der Waals surface area contributed by atoms with Crippen LogP contribution in [0.3, 0.4) is 0 Å². The number of alkyl halides is 2. The van der Waals surface area contributed by atoms with Gasteiger partial charge in [0.2, 0.25) is 11.8 Å². The summed E-state index contributed by atoms with van der Waals surface area (Å²) in [5.41, 5.74) is -1.35. The average Bonchev–Trinajstić information content (AvgIpc) is 2.53. The number of halogens is 3. The molecule has 1 heterocycles. The highest BCUT2D eigenvalue weighted by atomic mass is 19.3. The number of hydrogen-bond acceptors (Lipinski definition) is 4. The second-order valence-corrected chi connectivity index (χ2v) is 7.01. The molecule has 3 N–H and O–H groups in total. The molecule has 0 aliphatic carbocycles. The third-order valence-corrected chi connectivity index (χ3v) is 4.27. The van der Waals surface area contributed by atoms with Gasteiger partial charge in [-0.15, -0.1) is 0 Å². The number of carbonyl (C=O) groups excluding carboxylic acids is 2. The van der Waals surface area contributed by atoms with E-state index in [1.165, 1.54) is 6.07 Å². The van der Waals surface area contributed by atoms with Crippen LogP contribution >= 0.6 is 0 Å². The molecule has 2 unspecified atom stereocenters. The molecule has 1 saturated heterocycles. The molecule has 2 atom stereocenters. The Morgan fingerprint density at radius 3 is 2.54 bits per heavy atom. The van der Waals surface area contributed by atoms with Gasteiger partial charge in [-0.1, -0.05) is 12.1 Å². The van der Waals surface area contributed by atoms with Crippen molar-refractivity contribution in [2.75, 3.05) is 14.1 Å². The van der Waals surface area contributed by atoms with E-state index < -0.39 is 41.6 Å². The fourth-order valence-corrected chi connectivity index (χ4v) is 2.69. The molecule has 0 aromatic heterocycles. The van der Waals surface area contributed by atoms with Gasteiger partial charge in [0.05, 0.1) is 23.6 Å². The second-order valence-electron chi connectivity index (χ2n) is 7.01. The fourth-order valence-electron chi connectivity index (χ4n) is 2.69. The zero-order valence-electron chi connectivity index (χ0n) is 15.1. The molecule has 2 amide bonds. The van der Waals surface area contributed by atoms with Gasteiger partial charge in [-0.2, -0.15) is 0 Å². The molecule has 2 rings (SSSR count). The summed E-state index contributed by atoms with van der Waals surface area (Å²) in [5.74, 6) is -1.73. The van der Waals surface area contributed by atoms with Crippen LogP contribution in [0, 0.1) is 5.82 Å². The van der Waals surface area contributed by atoms with E-state index in [1.54, 1.807) is 32.8 Å². The van der Waals surface area contributed by atoms with E-state index in [0.717, 1.165) is 12.1 Å². The van der Waals surface area contributed by atoms with E-state index in [4.69, 9.17) is 0 Å². The van der Waals surface area contributed by atoms with Crippen molar-refractivity contribution < 1.29 is 22.8 Å². The Bertz CT molecular complexity index is 695. The zero-order valence-corrected chi connectivity index (χ0v) is 15.1. The van der Waals surface area contributed by atoms with Crippen molar-refractivity contribution in [1.29, 1.82) is 0 Å². The molecule has 1 aliphatic rings. The van der Waals surface area contributed by atoms with Crippen molar-refractivity contribution in [3.05, 3.63) is 35.1 Å². The van der Waals surface area contributed by atoms with Crippen LogP contribution in [0.5, 0.6) is 0 Å². The highest BCUT2D eigenvalue weighted by Gasteiger charge is 2.34. The topological polar surface area (TPSA) is 73.5 Å². The Morgan fingerprint density at radius 1 is 1.35 bits per heavy atom. The summed E-state index contributed by atoms with van der Waals surface area (Å²) in [4.78, 5) is 26.1. The normalized spacial score (nSPS) is 21.0. The molecule has 1 aromatic rings. The van der Waals surface area contributed by atoms with Crippen LogP contribution < -0.4 is 16.0 Å². The number of hydrogen-bond donors (Lipinski definition) is 3. The van der Waals surface area contributed by atoms with Gasteiger partial charge in [-0.25, -0.2) is 13.2 Å². The van der Waals surface area contributed by atoms with Crippen molar-refractivity contribution in [2.45, 2.75) is 44.6 Å². The summed E-state index contributed by atoms with van der Waals surface area (Å²) in [5, 5.41) is 8.44. The van der Waals surface area contributed by atoms with Gasteiger partial charge < -0.3 is 10.6 Å². The lowest BCUT2D eigenvalue weighted by Crippen LogP contribution is -2.66. The molecular formula is C17H23F3N4O2. The first-order valence-electron chi connectivity index (χ1n) is 8.13. The van der Waals surface area contributed by atoms with Crippen LogP contribution in [0.2, 0.25) is 0 Å². The first kappa shape index (κ1) is 20.2. The molecule has 0 bridgehead atoms. The number of nitrogens with zero attached hydrogens (tertiary/aromatic N) is 1. The highest BCUT2D eigenvalue weighted by molar-refractivity contribution is 5.90. The van der Waals surface area contributed by atoms with E-state index in [0.29, 0.717) is 5.56 Å². The van der Waals surface area contributed by atoms with E-state index in [-0.39, 0.29) is 12.3 Å². The van der Waals surface area contributed by atoms with Gasteiger partial charge in [-0.3, -0.25) is 19.8 Å². The van der Waals surface area contributed by atoms with E-state index in [2.05, 4.69) is 16.0 Å². The summed E-state index contributed by atoms with van der Waals surface area (Å²) in [6, 6.07) is 2.60. The van der Waals surface area contributed by atoms with Crippen LogP contribution in [0.1, 0.15) is 37.8 Å². The SMILES string of the molecule is CN(C)C1NC(=O)CC(C(=O)NC(C)(C)c2ccc(C(F)F)c(F)c2)N1. The Balaban J connectivity index is 2.14. The van der Waals surface area contributed by atoms with E-state index in [9.17, 15) is 22.8 Å². The minimum absolute atomic E-state index is 0.0368. The first-order valence-corrected chi connectivity index (χ1v) is 8.13. The van der Waals surface area contributed by atoms with Crippen LogP contribution in [0.15, 0.2) is 18.2 Å². The minimum atomic E-state index is -2.91. The number of benzene rings is 1. The van der Waals surface area contributed by atoms with E-state index in [1.807, 2.05) is 0 Å².